The molecule has 0 amide bonds. The molecule has 0 unspecified atom stereocenters. The Hall–Kier alpha value is -3.00. The summed E-state index contributed by atoms with van der Waals surface area (Å²) in [6, 6.07) is 1.82. The van der Waals surface area contributed by atoms with Crippen LogP contribution in [0.5, 0.6) is 17.2 Å². The summed E-state index contributed by atoms with van der Waals surface area (Å²) in [5.41, 5.74) is 4.24. The zero-order valence-corrected chi connectivity index (χ0v) is 18.6. The van der Waals surface area contributed by atoms with E-state index in [1.54, 1.807) is 27.9 Å². The fraction of sp³-hybridized carbons (Fsp3) is 0.478. The van der Waals surface area contributed by atoms with Crippen molar-refractivity contribution in [3.05, 3.63) is 39.7 Å². The van der Waals surface area contributed by atoms with E-state index in [2.05, 4.69) is 9.88 Å². The Morgan fingerprint density at radius 3 is 2.77 bits per heavy atom. The number of likely N-dealkylation sites (N-methyl/N-ethyl adjacent to an activating group) is 1. The lowest BCUT2D eigenvalue weighted by molar-refractivity contribution is 0.0519. The molecule has 0 saturated heterocycles. The van der Waals surface area contributed by atoms with Gasteiger partial charge in [-0.05, 0) is 51.4 Å². The van der Waals surface area contributed by atoms with Gasteiger partial charge >= 0.3 is 5.97 Å². The standard InChI is InChI=1S/C23H28N2O6/c1-6-29-23(27)20-12(2)18(13(3)24-20)16(26)10-15-19-14(7-8-25(15)4)9-17-21(22(19)28-5)31-11-30-17/h9,15,24H,6-8,10-11H2,1-5H3/t15-/m1/s1. The number of nitrogens with one attached hydrogen (secondary N) is 1. The van der Waals surface area contributed by atoms with Gasteiger partial charge in [-0.3, -0.25) is 9.69 Å². The number of carbonyl (C=O) groups is 2. The van der Waals surface area contributed by atoms with Crippen LogP contribution in [0.3, 0.4) is 0 Å². The number of rotatable bonds is 6. The molecule has 0 bridgehead atoms. The summed E-state index contributed by atoms with van der Waals surface area (Å²) in [4.78, 5) is 30.9. The first-order valence-electron chi connectivity index (χ1n) is 10.5. The number of aryl methyl sites for hydroxylation is 1. The molecule has 1 N–H and O–H groups in total. The van der Waals surface area contributed by atoms with Crippen molar-refractivity contribution in [2.45, 2.75) is 39.7 Å². The van der Waals surface area contributed by atoms with E-state index in [1.165, 1.54) is 0 Å². The van der Waals surface area contributed by atoms with E-state index in [4.69, 9.17) is 18.9 Å². The minimum atomic E-state index is -0.448. The summed E-state index contributed by atoms with van der Waals surface area (Å²) in [7, 11) is 3.61. The van der Waals surface area contributed by atoms with Crippen LogP contribution in [-0.2, 0) is 11.2 Å². The normalized spacial score (nSPS) is 17.4. The number of esters is 1. The minimum absolute atomic E-state index is 0.0359. The van der Waals surface area contributed by atoms with E-state index >= 15 is 0 Å². The number of aromatic nitrogens is 1. The predicted octanol–water partition coefficient (Wildman–Crippen LogP) is 3.35. The highest BCUT2D eigenvalue weighted by Crippen LogP contribution is 2.50. The number of hydrogen-bond donors (Lipinski definition) is 1. The van der Waals surface area contributed by atoms with Crippen LogP contribution in [0.4, 0.5) is 0 Å². The number of Topliss-reactive ketones (excluding diaryl/α,β-unsaturated/α-hetero) is 1. The molecule has 0 radical (unpaired) electrons. The van der Waals surface area contributed by atoms with Gasteiger partial charge < -0.3 is 23.9 Å². The van der Waals surface area contributed by atoms with Gasteiger partial charge in [-0.15, -0.1) is 0 Å². The number of ketones is 1. The second-order valence-corrected chi connectivity index (χ2v) is 7.94. The lowest BCUT2D eigenvalue weighted by Crippen LogP contribution is -2.34. The predicted molar refractivity (Wildman–Crippen MR) is 113 cm³/mol. The third-order valence-electron chi connectivity index (χ3n) is 6.12. The molecule has 2 aromatic rings. The van der Waals surface area contributed by atoms with Gasteiger partial charge in [0.2, 0.25) is 12.5 Å². The molecule has 0 aliphatic carbocycles. The maximum absolute atomic E-state index is 13.4. The molecule has 3 heterocycles. The fourth-order valence-electron chi connectivity index (χ4n) is 4.64. The first-order chi connectivity index (χ1) is 14.9. The van der Waals surface area contributed by atoms with Gasteiger partial charge in [-0.2, -0.15) is 0 Å². The van der Waals surface area contributed by atoms with Gasteiger partial charge in [0.15, 0.2) is 17.3 Å². The van der Waals surface area contributed by atoms with Crippen LogP contribution in [0, 0.1) is 13.8 Å². The first-order valence-corrected chi connectivity index (χ1v) is 10.5. The highest BCUT2D eigenvalue weighted by molar-refractivity contribution is 6.02. The van der Waals surface area contributed by atoms with Gasteiger partial charge in [0.1, 0.15) is 5.69 Å². The van der Waals surface area contributed by atoms with Crippen molar-refractivity contribution in [2.24, 2.45) is 0 Å². The zero-order valence-electron chi connectivity index (χ0n) is 18.6. The van der Waals surface area contributed by atoms with Crippen molar-refractivity contribution in [1.29, 1.82) is 0 Å². The highest BCUT2D eigenvalue weighted by atomic mass is 16.7. The number of carbonyl (C=O) groups excluding carboxylic acids is 2. The third kappa shape index (κ3) is 3.54. The molecule has 0 saturated carbocycles. The van der Waals surface area contributed by atoms with Crippen LogP contribution in [0.25, 0.3) is 0 Å². The Kier molecular flexibility index (Phi) is 5.66. The highest BCUT2D eigenvalue weighted by Gasteiger charge is 2.36. The van der Waals surface area contributed by atoms with Crippen molar-refractivity contribution in [1.82, 2.24) is 9.88 Å². The minimum Gasteiger partial charge on any atom is -0.492 e. The molecular weight excluding hydrogens is 400 g/mol. The zero-order chi connectivity index (χ0) is 22.3. The van der Waals surface area contributed by atoms with Gasteiger partial charge in [0.25, 0.3) is 0 Å². The molecule has 1 aromatic heterocycles. The molecule has 2 aliphatic rings. The van der Waals surface area contributed by atoms with Crippen LogP contribution in [0.2, 0.25) is 0 Å². The lowest BCUT2D eigenvalue weighted by atomic mass is 9.87. The van der Waals surface area contributed by atoms with Gasteiger partial charge in [0, 0.05) is 35.8 Å². The number of H-pyrrole nitrogens is 1. The fourth-order valence-corrected chi connectivity index (χ4v) is 4.64. The van der Waals surface area contributed by atoms with Crippen molar-refractivity contribution in [3.63, 3.8) is 0 Å². The summed E-state index contributed by atoms with van der Waals surface area (Å²) < 4.78 is 22.0. The molecule has 8 heteroatoms. The number of ether oxygens (including phenoxy) is 4. The molecule has 31 heavy (non-hydrogen) atoms. The van der Waals surface area contributed by atoms with Crippen molar-refractivity contribution in [2.75, 3.05) is 34.1 Å². The molecule has 0 fully saturated rings. The number of benzene rings is 1. The Bertz CT molecular complexity index is 1040. The smallest absolute Gasteiger partial charge is 0.355 e. The van der Waals surface area contributed by atoms with Gasteiger partial charge in [-0.1, -0.05) is 0 Å². The van der Waals surface area contributed by atoms with E-state index in [1.807, 2.05) is 13.1 Å². The van der Waals surface area contributed by atoms with Gasteiger partial charge in [0.05, 0.1) is 13.7 Å². The average molecular weight is 428 g/mol. The third-order valence-corrected chi connectivity index (χ3v) is 6.12. The Morgan fingerprint density at radius 1 is 1.29 bits per heavy atom. The quantitative estimate of drug-likeness (QED) is 0.557. The van der Waals surface area contributed by atoms with Gasteiger partial charge in [-0.25, -0.2) is 4.79 Å². The summed E-state index contributed by atoms with van der Waals surface area (Å²) in [6.45, 7) is 6.59. The van der Waals surface area contributed by atoms with Crippen molar-refractivity contribution >= 4 is 11.8 Å². The van der Waals surface area contributed by atoms with Crippen LogP contribution < -0.4 is 14.2 Å². The Balaban J connectivity index is 1.70. The monoisotopic (exact) mass is 428 g/mol. The maximum atomic E-state index is 13.4. The second-order valence-electron chi connectivity index (χ2n) is 7.94. The number of aromatic amines is 1. The number of methoxy groups -OCH3 is 1. The molecule has 2 aliphatic heterocycles. The molecule has 166 valence electrons. The molecule has 1 aromatic carbocycles. The lowest BCUT2D eigenvalue weighted by Gasteiger charge is -2.35. The average Bonchev–Trinajstić information content (AvgIpc) is 3.32. The Morgan fingerprint density at radius 2 is 2.06 bits per heavy atom. The Labute approximate surface area is 181 Å². The SMILES string of the molecule is CCOC(=O)c1[nH]c(C)c(C(=O)C[C@@H]2c3c(cc4c(c3OC)OCO4)CCN2C)c1C. The van der Waals surface area contributed by atoms with E-state index < -0.39 is 5.97 Å². The number of hydrogen-bond acceptors (Lipinski definition) is 7. The van der Waals surface area contributed by atoms with Crippen molar-refractivity contribution in [3.8, 4) is 17.2 Å². The second kappa shape index (κ2) is 8.26. The van der Waals surface area contributed by atoms with Crippen LogP contribution in [-0.4, -0.2) is 55.7 Å². The molecule has 4 rings (SSSR count). The maximum Gasteiger partial charge on any atom is 0.355 e. The molecule has 8 nitrogen and oxygen atoms in total. The summed E-state index contributed by atoms with van der Waals surface area (Å²) in [6.07, 6.45) is 1.08. The van der Waals surface area contributed by atoms with E-state index in [0.717, 1.165) is 24.1 Å². The molecule has 0 spiro atoms. The van der Waals surface area contributed by atoms with E-state index in [9.17, 15) is 9.59 Å². The van der Waals surface area contributed by atoms with Crippen LogP contribution in [0.15, 0.2) is 6.07 Å². The van der Waals surface area contributed by atoms with Crippen molar-refractivity contribution < 1.29 is 28.5 Å². The summed E-state index contributed by atoms with van der Waals surface area (Å²) in [5.74, 6) is 1.42. The summed E-state index contributed by atoms with van der Waals surface area (Å²) >= 11 is 0. The molecule has 1 atom stereocenters. The van der Waals surface area contributed by atoms with E-state index in [0.29, 0.717) is 39.8 Å². The van der Waals surface area contributed by atoms with Crippen LogP contribution >= 0.6 is 0 Å². The summed E-state index contributed by atoms with van der Waals surface area (Å²) in [5, 5.41) is 0. The van der Waals surface area contributed by atoms with E-state index in [-0.39, 0.29) is 31.6 Å². The number of nitrogens with zero attached hydrogens (tertiary/aromatic N) is 1. The van der Waals surface area contributed by atoms with Crippen LogP contribution in [0.1, 0.15) is 62.6 Å². The topological polar surface area (TPSA) is 90.1 Å². The largest absolute Gasteiger partial charge is 0.492 e. The number of fused-ring (bicyclic) bond motifs is 2. The molecular formula is C23H28N2O6. The first kappa shape index (κ1) is 21.2.